The second kappa shape index (κ2) is 19.6. The van der Waals surface area contributed by atoms with E-state index in [9.17, 15) is 48.9 Å². The standard InChI is InChI=1S/C18H27NO4.C18H25NO4.C17H25NO5/c2*1-10(20)15-12-7-8-14(13(16(12)21)9-11-5-6-11)19(15)17(22)23-18(2,3)4;1-17(2,3)23-16(22)18-12-7-6-10(13(18)15(20)21)14(19)11(12)8-9-4-5-9/h9,11-12,14-16,21H,5-8H2,1-4H3;9,11-12,14-15H,5-8H2,1-4H3;8-10,12-14,19H,4-7H2,1-3H3,(H,20,21)/b2*13-9+;11-8+/t12-,14-,15+,16-;12-,14-,15+;10-,12-,13-,14-/m000/s1. The summed E-state index contributed by atoms with van der Waals surface area (Å²) in [7, 11) is 0. The summed E-state index contributed by atoms with van der Waals surface area (Å²) in [6, 6.07) is -3.15. The van der Waals surface area contributed by atoms with Crippen LogP contribution in [0.3, 0.4) is 0 Å². The molecule has 16 nitrogen and oxygen atoms in total. The number of hydrogen-bond donors (Lipinski definition) is 3. The van der Waals surface area contributed by atoms with Gasteiger partial charge in [-0.2, -0.15) is 0 Å². The van der Waals surface area contributed by atoms with Crippen LogP contribution in [0, 0.1) is 35.5 Å². The SMILES string of the molecule is CC(=O)[C@@H]1[C@@H]2CC[C@@H](/C(=C\C3CC3)C2=O)N1C(=O)OC(C)(C)C.CC(=O)[C@@H]1[C@@H]2CC[C@@H](/C(=C\C3CC3)[C@H]2O)N1C(=O)OC(C)(C)C.CC(C)(C)OC(=O)N1[C@H](C(=O)O)[C@@H]2CC[C@H]1/C(=C\C1CC1)[C@H]2O. The molecule has 6 saturated heterocycles. The summed E-state index contributed by atoms with van der Waals surface area (Å²) in [5.41, 5.74) is 0.551. The quantitative estimate of drug-likeness (QED) is 0.132. The number of fused-ring (bicyclic) bond motifs is 9. The van der Waals surface area contributed by atoms with E-state index < -0.39 is 83.2 Å². The van der Waals surface area contributed by atoms with Crippen LogP contribution in [0.1, 0.15) is 153 Å². The van der Waals surface area contributed by atoms with Crippen LogP contribution in [-0.4, -0.2) is 137 Å². The Morgan fingerprint density at radius 2 is 0.841 bits per heavy atom. The fourth-order valence-corrected chi connectivity index (χ4v) is 11.4. The van der Waals surface area contributed by atoms with Crippen LogP contribution < -0.4 is 0 Å². The summed E-state index contributed by atoms with van der Waals surface area (Å²) in [5.74, 6) is -0.856. The smallest absolute Gasteiger partial charge is 0.411 e. The van der Waals surface area contributed by atoms with Crippen molar-refractivity contribution in [3.8, 4) is 0 Å². The molecule has 0 aromatic heterocycles. The number of aliphatic hydroxyl groups is 2. The van der Waals surface area contributed by atoms with Gasteiger partial charge >= 0.3 is 24.2 Å². The topological polar surface area (TPSA) is 218 Å². The van der Waals surface area contributed by atoms with Crippen molar-refractivity contribution in [3.63, 3.8) is 0 Å². The predicted molar refractivity (Wildman–Crippen MR) is 254 cm³/mol. The highest BCUT2D eigenvalue weighted by Gasteiger charge is 2.57. The third-order valence-electron chi connectivity index (χ3n) is 14.7. The first kappa shape index (κ1) is 52.3. The number of amides is 3. The highest BCUT2D eigenvalue weighted by atomic mass is 16.6. The van der Waals surface area contributed by atoms with E-state index in [2.05, 4.69) is 12.2 Å². The Hall–Kier alpha value is -4.57. The van der Waals surface area contributed by atoms with Gasteiger partial charge in [0.2, 0.25) is 0 Å². The number of carboxylic acids is 1. The van der Waals surface area contributed by atoms with Crippen LogP contribution in [-0.2, 0) is 33.4 Å². The third kappa shape index (κ3) is 11.8. The molecule has 6 aliphatic heterocycles. The molecule has 3 N–H and O–H groups in total. The molecule has 0 radical (unpaired) electrons. The van der Waals surface area contributed by atoms with Gasteiger partial charge in [-0.15, -0.1) is 0 Å². The van der Waals surface area contributed by atoms with Gasteiger partial charge in [0.05, 0.1) is 36.4 Å². The van der Waals surface area contributed by atoms with Gasteiger partial charge in [-0.3, -0.25) is 29.1 Å². The number of ether oxygens (including phenoxy) is 3. The maximum atomic E-state index is 12.7. The maximum Gasteiger partial charge on any atom is 0.411 e. The lowest BCUT2D eigenvalue weighted by Crippen LogP contribution is -2.66. The molecule has 11 atom stereocenters. The molecule has 3 amide bonds. The summed E-state index contributed by atoms with van der Waals surface area (Å²) in [4.78, 5) is 91.3. The molecule has 382 valence electrons. The first-order valence-corrected chi connectivity index (χ1v) is 25.4. The zero-order chi connectivity index (χ0) is 50.8. The van der Waals surface area contributed by atoms with E-state index >= 15 is 0 Å². The second-order valence-electron chi connectivity index (χ2n) is 24.0. The minimum Gasteiger partial charge on any atom is -0.480 e. The number of piperidine rings is 6. The number of carboxylic acid groups (broad SMARTS) is 1. The van der Waals surface area contributed by atoms with Gasteiger partial charge in [0.25, 0.3) is 0 Å². The monoisotopic (exact) mass is 964 g/mol. The summed E-state index contributed by atoms with van der Waals surface area (Å²) >= 11 is 0. The van der Waals surface area contributed by atoms with Gasteiger partial charge in [-0.25, -0.2) is 19.2 Å². The van der Waals surface area contributed by atoms with Crippen molar-refractivity contribution in [2.75, 3.05) is 0 Å². The number of hydrogen-bond acceptors (Lipinski definition) is 12. The average Bonchev–Trinajstić information content (AvgIpc) is 4.08. The predicted octanol–water partition coefficient (Wildman–Crippen LogP) is 7.72. The van der Waals surface area contributed by atoms with Gasteiger partial charge in [0, 0.05) is 23.3 Å². The van der Waals surface area contributed by atoms with Crippen molar-refractivity contribution >= 4 is 41.6 Å². The third-order valence-corrected chi connectivity index (χ3v) is 14.7. The molecular formula is C53H77N3O13. The number of Topliss-reactive ketones (excluding diaryl/α,β-unsaturated/α-hetero) is 3. The first-order valence-electron chi connectivity index (χ1n) is 25.4. The van der Waals surface area contributed by atoms with Crippen LogP contribution >= 0.6 is 0 Å². The van der Waals surface area contributed by atoms with Crippen LogP contribution in [0.5, 0.6) is 0 Å². The Labute approximate surface area is 407 Å². The summed E-state index contributed by atoms with van der Waals surface area (Å²) < 4.78 is 16.5. The van der Waals surface area contributed by atoms with Crippen LogP contribution in [0.4, 0.5) is 14.4 Å². The lowest BCUT2D eigenvalue weighted by Gasteiger charge is -2.53. The molecule has 6 saturated carbocycles. The van der Waals surface area contributed by atoms with Crippen LogP contribution in [0.15, 0.2) is 34.9 Å². The number of ketones is 3. The van der Waals surface area contributed by atoms with Gasteiger partial charge in [-0.1, -0.05) is 18.2 Å². The molecule has 0 spiro atoms. The molecule has 6 heterocycles. The lowest BCUT2D eigenvalue weighted by atomic mass is 9.68. The van der Waals surface area contributed by atoms with E-state index in [1.165, 1.54) is 23.6 Å². The van der Waals surface area contributed by atoms with E-state index in [0.29, 0.717) is 37.0 Å². The number of carbonyl (C=O) groups excluding carboxylic acids is 6. The number of carbonyl (C=O) groups is 7. The lowest BCUT2D eigenvalue weighted by molar-refractivity contribution is -0.154. The normalized spacial score (nSPS) is 34.4. The van der Waals surface area contributed by atoms with Gasteiger partial charge in [0.15, 0.2) is 17.3 Å². The van der Waals surface area contributed by atoms with Gasteiger partial charge in [0.1, 0.15) is 28.9 Å². The highest BCUT2D eigenvalue weighted by Crippen LogP contribution is 2.48. The summed E-state index contributed by atoms with van der Waals surface area (Å²) in [5, 5.41) is 30.9. The number of rotatable bonds is 6. The minimum atomic E-state index is -1.07. The Balaban J connectivity index is 0.000000153. The zero-order valence-electron chi connectivity index (χ0n) is 42.6. The van der Waals surface area contributed by atoms with Crippen molar-refractivity contribution in [2.45, 2.75) is 218 Å². The molecule has 12 fully saturated rings. The Morgan fingerprint density at radius 1 is 0.493 bits per heavy atom. The number of nitrogens with zero attached hydrogens (tertiary/aromatic N) is 3. The van der Waals surface area contributed by atoms with Crippen molar-refractivity contribution in [2.24, 2.45) is 35.5 Å². The maximum absolute atomic E-state index is 12.7. The van der Waals surface area contributed by atoms with Crippen LogP contribution in [0.25, 0.3) is 0 Å². The molecule has 12 aliphatic rings. The zero-order valence-corrected chi connectivity index (χ0v) is 42.6. The molecule has 6 aliphatic carbocycles. The molecular weight excluding hydrogens is 887 g/mol. The number of allylic oxidation sites excluding steroid dienone is 3. The Bertz CT molecular complexity index is 2050. The molecule has 0 unspecified atom stereocenters. The minimum absolute atomic E-state index is 0.0631. The van der Waals surface area contributed by atoms with E-state index in [-0.39, 0.29) is 41.4 Å². The molecule has 6 bridgehead atoms. The first-order chi connectivity index (χ1) is 32.1. The van der Waals surface area contributed by atoms with Crippen molar-refractivity contribution in [1.29, 1.82) is 0 Å². The number of aliphatic hydroxyl groups excluding tert-OH is 2. The fraction of sp³-hybridized carbons (Fsp3) is 0.755. The number of aliphatic carboxylic acids is 1. The Morgan fingerprint density at radius 3 is 1.20 bits per heavy atom. The highest BCUT2D eigenvalue weighted by molar-refractivity contribution is 6.06. The Kier molecular flexibility index (Phi) is 14.8. The van der Waals surface area contributed by atoms with E-state index in [1.807, 2.05) is 47.6 Å². The van der Waals surface area contributed by atoms with Crippen molar-refractivity contribution in [3.05, 3.63) is 34.9 Å². The summed E-state index contributed by atoms with van der Waals surface area (Å²) in [6.45, 7) is 19.1. The van der Waals surface area contributed by atoms with Crippen molar-refractivity contribution < 1.29 is 63.1 Å². The van der Waals surface area contributed by atoms with Crippen LogP contribution in [0.2, 0.25) is 0 Å². The average molecular weight is 964 g/mol. The fourth-order valence-electron chi connectivity index (χ4n) is 11.4. The largest absolute Gasteiger partial charge is 0.480 e. The van der Waals surface area contributed by atoms with E-state index in [4.69, 9.17) is 14.2 Å². The molecule has 69 heavy (non-hydrogen) atoms. The summed E-state index contributed by atoms with van der Waals surface area (Å²) in [6.07, 6.45) is 14.3. The molecule has 0 aromatic rings. The van der Waals surface area contributed by atoms with Gasteiger partial charge in [-0.05, 0) is 182 Å². The molecule has 16 heteroatoms. The second-order valence-corrected chi connectivity index (χ2v) is 24.0. The van der Waals surface area contributed by atoms with E-state index in [1.54, 1.807) is 25.7 Å². The van der Waals surface area contributed by atoms with Gasteiger partial charge < -0.3 is 29.5 Å². The molecule has 0 aromatic carbocycles. The molecule has 12 rings (SSSR count). The van der Waals surface area contributed by atoms with E-state index in [0.717, 1.165) is 74.5 Å². The van der Waals surface area contributed by atoms with Crippen molar-refractivity contribution in [1.82, 2.24) is 14.7 Å².